The second-order valence-electron chi connectivity index (χ2n) is 5.73. The minimum absolute atomic E-state index is 0.216. The standard InChI is InChI=1S/C15H22N6OS2/c1-23-15-20-19-12(21(15)11-5-2-3-6-11)7-4-8-16-13(22)18-14-17-9-10-24-14/h9-11H,2-8H2,1H3,(H2,16,17,18,22). The fraction of sp³-hybridized carbons (Fsp3) is 0.600. The highest BCUT2D eigenvalue weighted by Crippen LogP contribution is 2.33. The Kier molecular flexibility index (Phi) is 6.08. The molecule has 0 radical (unpaired) electrons. The van der Waals surface area contributed by atoms with Gasteiger partial charge in [-0.25, -0.2) is 9.78 Å². The van der Waals surface area contributed by atoms with Crippen molar-refractivity contribution < 1.29 is 4.79 Å². The fourth-order valence-electron chi connectivity index (χ4n) is 3.02. The molecule has 2 amide bonds. The van der Waals surface area contributed by atoms with Gasteiger partial charge in [0.05, 0.1) is 0 Å². The predicted octanol–water partition coefficient (Wildman–Crippen LogP) is 3.33. The molecule has 1 saturated carbocycles. The number of thioether (sulfide) groups is 1. The molecule has 0 aliphatic heterocycles. The van der Waals surface area contributed by atoms with Crippen LogP contribution in [0.4, 0.5) is 9.93 Å². The van der Waals surface area contributed by atoms with Crippen molar-refractivity contribution in [1.29, 1.82) is 0 Å². The van der Waals surface area contributed by atoms with Gasteiger partial charge in [0.1, 0.15) is 5.82 Å². The van der Waals surface area contributed by atoms with Crippen LogP contribution in [0.3, 0.4) is 0 Å². The van der Waals surface area contributed by atoms with E-state index in [-0.39, 0.29) is 6.03 Å². The second-order valence-corrected chi connectivity index (χ2v) is 7.40. The first-order valence-electron chi connectivity index (χ1n) is 8.20. The average molecular weight is 367 g/mol. The summed E-state index contributed by atoms with van der Waals surface area (Å²) in [4.78, 5) is 15.8. The van der Waals surface area contributed by atoms with E-state index in [2.05, 4.69) is 30.4 Å². The van der Waals surface area contributed by atoms with Gasteiger partial charge in [0, 0.05) is 30.6 Å². The molecule has 2 heterocycles. The molecular weight excluding hydrogens is 344 g/mol. The van der Waals surface area contributed by atoms with Crippen molar-refractivity contribution in [2.24, 2.45) is 0 Å². The third-order valence-electron chi connectivity index (χ3n) is 4.12. The number of hydrogen-bond acceptors (Lipinski definition) is 6. The summed E-state index contributed by atoms with van der Waals surface area (Å²) in [5.41, 5.74) is 0. The summed E-state index contributed by atoms with van der Waals surface area (Å²) >= 11 is 3.05. The number of aromatic nitrogens is 4. The Hall–Kier alpha value is -1.61. The molecule has 3 rings (SSSR count). The molecule has 24 heavy (non-hydrogen) atoms. The Morgan fingerprint density at radius 1 is 1.42 bits per heavy atom. The molecule has 0 unspecified atom stereocenters. The molecular formula is C15H22N6OS2. The van der Waals surface area contributed by atoms with Crippen LogP contribution in [-0.4, -0.2) is 38.6 Å². The Labute approximate surface area is 149 Å². The zero-order chi connectivity index (χ0) is 16.8. The van der Waals surface area contributed by atoms with E-state index in [1.54, 1.807) is 18.0 Å². The second kappa shape index (κ2) is 8.48. The predicted molar refractivity (Wildman–Crippen MR) is 96.8 cm³/mol. The van der Waals surface area contributed by atoms with Crippen molar-refractivity contribution in [1.82, 2.24) is 25.1 Å². The first kappa shape index (κ1) is 17.2. The third-order valence-corrected chi connectivity index (χ3v) is 5.46. The number of hydrogen-bond donors (Lipinski definition) is 2. The molecule has 2 aromatic heterocycles. The number of nitrogens with one attached hydrogen (secondary N) is 2. The van der Waals surface area contributed by atoms with Crippen LogP contribution in [0.15, 0.2) is 16.7 Å². The minimum Gasteiger partial charge on any atom is -0.338 e. The van der Waals surface area contributed by atoms with Crippen LogP contribution in [-0.2, 0) is 6.42 Å². The van der Waals surface area contributed by atoms with Crippen molar-refractivity contribution in [2.45, 2.75) is 49.7 Å². The van der Waals surface area contributed by atoms with E-state index in [0.29, 0.717) is 17.7 Å². The number of anilines is 1. The van der Waals surface area contributed by atoms with Gasteiger partial charge in [-0.3, -0.25) is 5.32 Å². The third kappa shape index (κ3) is 4.27. The largest absolute Gasteiger partial charge is 0.338 e. The molecule has 0 aromatic carbocycles. The van der Waals surface area contributed by atoms with Crippen molar-refractivity contribution in [3.05, 3.63) is 17.4 Å². The molecule has 0 bridgehead atoms. The number of urea groups is 1. The molecule has 0 saturated heterocycles. The van der Waals surface area contributed by atoms with E-state index >= 15 is 0 Å². The molecule has 130 valence electrons. The number of nitrogens with zero attached hydrogens (tertiary/aromatic N) is 4. The smallest absolute Gasteiger partial charge is 0.321 e. The van der Waals surface area contributed by atoms with E-state index in [9.17, 15) is 4.79 Å². The van der Waals surface area contributed by atoms with Crippen LogP contribution >= 0.6 is 23.1 Å². The highest BCUT2D eigenvalue weighted by molar-refractivity contribution is 7.98. The average Bonchev–Trinajstić information content (AvgIpc) is 3.32. The van der Waals surface area contributed by atoms with Crippen LogP contribution in [0.1, 0.15) is 44.0 Å². The number of thiazole rings is 1. The molecule has 2 aromatic rings. The lowest BCUT2D eigenvalue weighted by molar-refractivity contribution is 0.252. The van der Waals surface area contributed by atoms with Gasteiger partial charge in [-0.1, -0.05) is 24.6 Å². The van der Waals surface area contributed by atoms with Crippen LogP contribution in [0.25, 0.3) is 0 Å². The molecule has 7 nitrogen and oxygen atoms in total. The molecule has 0 atom stereocenters. The normalized spacial score (nSPS) is 14.9. The highest BCUT2D eigenvalue weighted by Gasteiger charge is 2.23. The minimum atomic E-state index is -0.216. The maximum atomic E-state index is 11.8. The maximum Gasteiger partial charge on any atom is 0.321 e. The van der Waals surface area contributed by atoms with Crippen LogP contribution < -0.4 is 10.6 Å². The summed E-state index contributed by atoms with van der Waals surface area (Å²) < 4.78 is 2.31. The van der Waals surface area contributed by atoms with E-state index in [4.69, 9.17) is 0 Å². The van der Waals surface area contributed by atoms with E-state index in [0.717, 1.165) is 23.8 Å². The van der Waals surface area contributed by atoms with Gasteiger partial charge in [0.25, 0.3) is 0 Å². The van der Waals surface area contributed by atoms with Gasteiger partial charge in [-0.05, 0) is 25.5 Å². The zero-order valence-electron chi connectivity index (χ0n) is 13.7. The monoisotopic (exact) mass is 366 g/mol. The fourth-order valence-corrected chi connectivity index (χ4v) is 4.12. The van der Waals surface area contributed by atoms with Gasteiger partial charge in [-0.15, -0.1) is 21.5 Å². The Morgan fingerprint density at radius 2 is 2.25 bits per heavy atom. The Morgan fingerprint density at radius 3 is 2.96 bits per heavy atom. The zero-order valence-corrected chi connectivity index (χ0v) is 15.3. The van der Waals surface area contributed by atoms with Gasteiger partial charge in [0.15, 0.2) is 10.3 Å². The topological polar surface area (TPSA) is 84.7 Å². The number of amides is 2. The van der Waals surface area contributed by atoms with Crippen LogP contribution in [0, 0.1) is 0 Å². The molecule has 2 N–H and O–H groups in total. The van der Waals surface area contributed by atoms with Crippen molar-refractivity contribution in [2.75, 3.05) is 18.1 Å². The molecule has 9 heteroatoms. The van der Waals surface area contributed by atoms with Crippen molar-refractivity contribution >= 4 is 34.3 Å². The highest BCUT2D eigenvalue weighted by atomic mass is 32.2. The maximum absolute atomic E-state index is 11.8. The van der Waals surface area contributed by atoms with E-state index in [1.807, 2.05) is 11.6 Å². The number of carbonyl (C=O) groups is 1. The van der Waals surface area contributed by atoms with Gasteiger partial charge in [-0.2, -0.15) is 0 Å². The summed E-state index contributed by atoms with van der Waals surface area (Å²) in [6.45, 7) is 0.601. The molecule has 1 aliphatic carbocycles. The lowest BCUT2D eigenvalue weighted by atomic mass is 10.2. The lowest BCUT2D eigenvalue weighted by Gasteiger charge is -2.16. The number of carbonyl (C=O) groups excluding carboxylic acids is 1. The molecule has 0 spiro atoms. The van der Waals surface area contributed by atoms with Gasteiger partial charge < -0.3 is 9.88 Å². The van der Waals surface area contributed by atoms with Crippen molar-refractivity contribution in [3.63, 3.8) is 0 Å². The number of rotatable bonds is 7. The number of aryl methyl sites for hydroxylation is 1. The summed E-state index contributed by atoms with van der Waals surface area (Å²) in [7, 11) is 0. The van der Waals surface area contributed by atoms with Gasteiger partial charge >= 0.3 is 6.03 Å². The van der Waals surface area contributed by atoms with E-state index in [1.165, 1.54) is 37.0 Å². The summed E-state index contributed by atoms with van der Waals surface area (Å²) in [5.74, 6) is 1.04. The summed E-state index contributed by atoms with van der Waals surface area (Å²) in [6, 6.07) is 0.325. The quantitative estimate of drug-likeness (QED) is 0.580. The molecule has 1 aliphatic rings. The molecule has 1 fully saturated rings. The summed E-state index contributed by atoms with van der Waals surface area (Å²) in [6.07, 6.45) is 10.4. The van der Waals surface area contributed by atoms with Crippen molar-refractivity contribution in [3.8, 4) is 0 Å². The van der Waals surface area contributed by atoms with Crippen LogP contribution in [0.2, 0.25) is 0 Å². The summed E-state index contributed by atoms with van der Waals surface area (Å²) in [5, 5.41) is 17.7. The first-order valence-corrected chi connectivity index (χ1v) is 10.3. The van der Waals surface area contributed by atoms with Crippen LogP contribution in [0.5, 0.6) is 0 Å². The Bertz CT molecular complexity index is 651. The van der Waals surface area contributed by atoms with Gasteiger partial charge in [0.2, 0.25) is 0 Å². The Balaban J connectivity index is 1.48. The lowest BCUT2D eigenvalue weighted by Crippen LogP contribution is -2.29. The SMILES string of the molecule is CSc1nnc(CCCNC(=O)Nc2nccs2)n1C1CCCC1. The first-order chi connectivity index (χ1) is 11.8. The van der Waals surface area contributed by atoms with E-state index < -0.39 is 0 Å².